The molecule has 1 radical (unpaired) electrons. The second kappa shape index (κ2) is 16.2. The Morgan fingerprint density at radius 2 is 0.478 bits per heavy atom. The van der Waals surface area contributed by atoms with Gasteiger partial charge in [0.1, 0.15) is 0 Å². The molecule has 3 aromatic rings. The van der Waals surface area contributed by atoms with Gasteiger partial charge in [0.15, 0.2) is 0 Å². The van der Waals surface area contributed by atoms with Gasteiger partial charge in [0.05, 0.1) is 24.2 Å². The molecule has 0 fully saturated rings. The van der Waals surface area contributed by atoms with E-state index in [1.165, 1.54) is 16.7 Å². The van der Waals surface area contributed by atoms with E-state index in [0.29, 0.717) is 0 Å². The zero-order valence-corrected chi connectivity index (χ0v) is 40.5. The van der Waals surface area contributed by atoms with E-state index in [0.717, 1.165) is 0 Å². The summed E-state index contributed by atoms with van der Waals surface area (Å²) in [6.45, 7) is 56.2. The molecule has 0 N–H and O–H groups in total. The average Bonchev–Trinajstić information content (AvgIpc) is 2.80. The normalized spacial score (nSPS) is 12.7. The van der Waals surface area contributed by atoms with E-state index in [4.69, 9.17) is 0 Å². The van der Waals surface area contributed by atoms with Gasteiger partial charge in [-0.05, 0) is 0 Å². The number of benzene rings is 3. The SMILES string of the molecule is [CH2-]c1cccc([Si](C)(C)C)c1[Si](C)(C)C.[CH2-]c1cccc([Si](C)(C)C)c1[Si](C)(C)C.[CH2-]c1cccc([Si](C)(C)C)c1[Si](C)(C)C.[Cr+3]. The van der Waals surface area contributed by atoms with E-state index in [-0.39, 0.29) is 17.4 Å². The molecule has 0 aliphatic rings. The minimum atomic E-state index is -1.26. The van der Waals surface area contributed by atoms with Gasteiger partial charge in [0, 0.05) is 24.2 Å². The molecule has 0 aromatic heterocycles. The maximum atomic E-state index is 4.22. The standard InChI is InChI=1S/3C13H23Si2.Cr/c3*1-11-9-8-10-12(14(2,3)4)13(11)15(5,6)7;/h3*8-10H,1H2,2-7H3;/q3*-1;+3. The van der Waals surface area contributed by atoms with Crippen LogP contribution in [0.2, 0.25) is 118 Å². The van der Waals surface area contributed by atoms with Gasteiger partial charge in [-0.25, -0.2) is 0 Å². The molecule has 7 heteroatoms. The fourth-order valence-corrected chi connectivity index (χ4v) is 23.4. The maximum absolute atomic E-state index is 4.22. The van der Waals surface area contributed by atoms with Crippen molar-refractivity contribution >= 4 is 79.6 Å². The summed E-state index contributed by atoms with van der Waals surface area (Å²) in [7, 11) is -7.45. The Morgan fingerprint density at radius 3 is 0.587 bits per heavy atom. The Labute approximate surface area is 304 Å². The number of rotatable bonds is 6. The van der Waals surface area contributed by atoms with Crippen LogP contribution in [-0.4, -0.2) is 48.4 Å². The molecule has 0 atom stereocenters. The fourth-order valence-electron chi connectivity index (χ4n) is 6.33. The minimum Gasteiger partial charge on any atom is -0.199 e. The van der Waals surface area contributed by atoms with Crippen LogP contribution in [0.4, 0.5) is 0 Å². The van der Waals surface area contributed by atoms with E-state index in [9.17, 15) is 0 Å². The van der Waals surface area contributed by atoms with Crippen LogP contribution < -0.4 is 31.1 Å². The largest absolute Gasteiger partial charge is 3.00 e. The molecule has 0 saturated carbocycles. The van der Waals surface area contributed by atoms with Gasteiger partial charge < -0.3 is 0 Å². The maximum Gasteiger partial charge on any atom is 3.00 e. The third kappa shape index (κ3) is 12.9. The molecule has 0 spiro atoms. The molecule has 46 heavy (non-hydrogen) atoms. The summed E-state index contributed by atoms with van der Waals surface area (Å²) in [6.07, 6.45) is 0. The Bertz CT molecular complexity index is 1240. The molecule has 0 amide bonds. The molecule has 0 heterocycles. The molecule has 255 valence electrons. The van der Waals surface area contributed by atoms with Gasteiger partial charge in [0.2, 0.25) is 0 Å². The first kappa shape index (κ1) is 45.1. The van der Waals surface area contributed by atoms with Crippen LogP contribution in [0, 0.1) is 20.8 Å². The molecule has 0 unspecified atom stereocenters. The van der Waals surface area contributed by atoms with Crippen LogP contribution >= 0.6 is 0 Å². The molecular weight excluding hydrogens is 689 g/mol. The average molecular weight is 758 g/mol. The topological polar surface area (TPSA) is 0 Å². The second-order valence-electron chi connectivity index (χ2n) is 19.0. The van der Waals surface area contributed by atoms with Crippen LogP contribution in [-0.2, 0) is 17.4 Å². The van der Waals surface area contributed by atoms with Crippen molar-refractivity contribution in [3.05, 3.63) is 92.1 Å². The molecule has 0 aliphatic heterocycles. The van der Waals surface area contributed by atoms with Crippen molar-refractivity contribution in [1.29, 1.82) is 0 Å². The number of hydrogen-bond donors (Lipinski definition) is 0. The van der Waals surface area contributed by atoms with E-state index in [2.05, 4.69) is 193 Å². The van der Waals surface area contributed by atoms with Crippen molar-refractivity contribution < 1.29 is 17.4 Å². The van der Waals surface area contributed by atoms with E-state index in [1.54, 1.807) is 31.1 Å². The monoisotopic (exact) mass is 757 g/mol. The van der Waals surface area contributed by atoms with Crippen molar-refractivity contribution in [2.45, 2.75) is 118 Å². The zero-order valence-electron chi connectivity index (χ0n) is 33.2. The first-order chi connectivity index (χ1) is 19.9. The summed E-state index contributed by atoms with van der Waals surface area (Å²) < 4.78 is 0. The summed E-state index contributed by atoms with van der Waals surface area (Å²) in [4.78, 5) is 0. The van der Waals surface area contributed by atoms with Crippen molar-refractivity contribution in [2.24, 2.45) is 0 Å². The molecule has 0 bridgehead atoms. The third-order valence-corrected chi connectivity index (χ3v) is 21.2. The van der Waals surface area contributed by atoms with Gasteiger partial charge in [-0.15, -0.1) is 33.8 Å². The Balaban J connectivity index is 0.000000653. The van der Waals surface area contributed by atoms with Gasteiger partial charge in [-0.1, -0.05) is 136 Å². The quantitative estimate of drug-likeness (QED) is 0.174. The van der Waals surface area contributed by atoms with E-state index >= 15 is 0 Å². The Morgan fingerprint density at radius 1 is 0.304 bits per heavy atom. The summed E-state index contributed by atoms with van der Waals surface area (Å²) in [6, 6.07) is 20.0. The third-order valence-electron chi connectivity index (χ3n) is 8.13. The van der Waals surface area contributed by atoms with Crippen LogP contribution in [0.25, 0.3) is 0 Å². The van der Waals surface area contributed by atoms with E-state index in [1.807, 2.05) is 0 Å². The van der Waals surface area contributed by atoms with Crippen LogP contribution in [0.5, 0.6) is 0 Å². The van der Waals surface area contributed by atoms with Gasteiger partial charge >= 0.3 is 17.4 Å². The Hall–Kier alpha value is -0.896. The first-order valence-electron chi connectivity index (χ1n) is 16.8. The summed E-state index contributed by atoms with van der Waals surface area (Å²) in [5, 5.41) is 9.66. The van der Waals surface area contributed by atoms with Crippen molar-refractivity contribution in [3.8, 4) is 0 Å². The molecule has 3 aromatic carbocycles. The van der Waals surface area contributed by atoms with Crippen LogP contribution in [0.3, 0.4) is 0 Å². The van der Waals surface area contributed by atoms with Crippen LogP contribution in [0.15, 0.2) is 54.6 Å². The van der Waals surface area contributed by atoms with Gasteiger partial charge in [-0.3, -0.25) is 0 Å². The molecule has 0 saturated heterocycles. The van der Waals surface area contributed by atoms with E-state index < -0.39 is 48.4 Å². The first-order valence-corrected chi connectivity index (χ1v) is 37.8. The van der Waals surface area contributed by atoms with Gasteiger partial charge in [-0.2, -0.15) is 71.2 Å². The smallest absolute Gasteiger partial charge is 0.199 e. The predicted octanol–water partition coefficient (Wildman–Crippen LogP) is 8.88. The minimum absolute atomic E-state index is 0. The Kier molecular flexibility index (Phi) is 15.9. The number of hydrogen-bond acceptors (Lipinski definition) is 0. The zero-order chi connectivity index (χ0) is 35.6. The summed E-state index contributed by atoms with van der Waals surface area (Å²) in [5.41, 5.74) is 3.78. The molecular formula is C39H69CrSi6. The molecule has 0 aliphatic carbocycles. The van der Waals surface area contributed by atoms with Gasteiger partial charge in [0.25, 0.3) is 0 Å². The molecule has 3 rings (SSSR count). The predicted molar refractivity (Wildman–Crippen MR) is 231 cm³/mol. The summed E-state index contributed by atoms with van der Waals surface area (Å²) in [5.74, 6) is 0. The van der Waals surface area contributed by atoms with Crippen molar-refractivity contribution in [2.75, 3.05) is 0 Å². The van der Waals surface area contributed by atoms with Crippen molar-refractivity contribution in [1.82, 2.24) is 0 Å². The second-order valence-corrected chi connectivity index (χ2v) is 49.1. The van der Waals surface area contributed by atoms with Crippen molar-refractivity contribution in [3.63, 3.8) is 0 Å². The van der Waals surface area contributed by atoms with Crippen LogP contribution in [0.1, 0.15) is 16.7 Å². The molecule has 0 nitrogen and oxygen atoms in total. The fraction of sp³-hybridized carbons (Fsp3) is 0.462. The summed E-state index contributed by atoms with van der Waals surface area (Å²) >= 11 is 0.